The monoisotopic (exact) mass is 399 g/mol. The molecule has 0 fully saturated rings. The minimum absolute atomic E-state index is 0.101. The number of thiazole rings is 1. The Bertz CT molecular complexity index is 1050. The summed E-state index contributed by atoms with van der Waals surface area (Å²) in [7, 11) is 0. The quantitative estimate of drug-likeness (QED) is 0.461. The molecule has 0 unspecified atom stereocenters. The molecule has 0 bridgehead atoms. The van der Waals surface area contributed by atoms with E-state index in [4.69, 9.17) is 22.4 Å². The van der Waals surface area contributed by atoms with Gasteiger partial charge in [0.1, 0.15) is 5.76 Å². The van der Waals surface area contributed by atoms with Crippen LogP contribution in [0.25, 0.3) is 10.2 Å². The van der Waals surface area contributed by atoms with Gasteiger partial charge in [0, 0.05) is 17.5 Å². The number of hydrogen-bond donors (Lipinski definition) is 3. The van der Waals surface area contributed by atoms with Crippen LogP contribution in [0, 0.1) is 6.92 Å². The molecule has 4 N–H and O–H groups in total. The first-order chi connectivity index (χ1) is 13.0. The van der Waals surface area contributed by atoms with Gasteiger partial charge < -0.3 is 10.2 Å². The molecular formula is C18H17N5O2S2. The van der Waals surface area contributed by atoms with Gasteiger partial charge in [-0.25, -0.2) is 4.98 Å². The topological polar surface area (TPSA) is 106 Å². The lowest BCUT2D eigenvalue weighted by molar-refractivity contribution is 0.0994. The molecule has 2 aromatic heterocycles. The number of fused-ring (bicyclic) bond motifs is 2. The number of benzene rings is 1. The number of nitrogens with one attached hydrogen (secondary N) is 2. The number of nitrogens with two attached hydrogens (primary N) is 1. The third-order valence-corrected chi connectivity index (χ3v) is 5.39. The Morgan fingerprint density at radius 3 is 2.96 bits per heavy atom. The van der Waals surface area contributed by atoms with Gasteiger partial charge in [-0.15, -0.1) is 0 Å². The standard InChI is InChI=1S/C18H17N5O2S2/c1-9-14-11(22-23-17(19)26)6-4-7-12(14)25-15(9)16(24)21-18-20-10-5-2-3-8-13(10)27-18/h2-3,5,8H,4,6-7H2,1H3,(H3,19,23,26)(H,20,21,24)/b22-11+. The largest absolute Gasteiger partial charge is 0.455 e. The highest BCUT2D eigenvalue weighted by molar-refractivity contribution is 7.80. The number of hydrogen-bond acceptors (Lipinski definition) is 6. The normalized spacial score (nSPS) is 14.9. The maximum absolute atomic E-state index is 12.8. The molecule has 1 aliphatic rings. The fourth-order valence-electron chi connectivity index (χ4n) is 3.20. The number of aryl methyl sites for hydroxylation is 1. The summed E-state index contributed by atoms with van der Waals surface area (Å²) >= 11 is 6.23. The number of thiocarbonyl (C=S) groups is 1. The molecule has 4 rings (SSSR count). The Hall–Kier alpha value is -2.78. The molecule has 1 aliphatic carbocycles. The molecule has 0 aliphatic heterocycles. The van der Waals surface area contributed by atoms with Crippen LogP contribution in [0.1, 0.15) is 40.3 Å². The highest BCUT2D eigenvalue weighted by atomic mass is 32.1. The molecule has 7 nitrogen and oxygen atoms in total. The van der Waals surface area contributed by atoms with Crippen molar-refractivity contribution in [1.82, 2.24) is 10.4 Å². The fourth-order valence-corrected chi connectivity index (χ4v) is 4.11. The van der Waals surface area contributed by atoms with Crippen LogP contribution in [0.2, 0.25) is 0 Å². The summed E-state index contributed by atoms with van der Waals surface area (Å²) in [5.41, 5.74) is 11.3. The van der Waals surface area contributed by atoms with Crippen molar-refractivity contribution in [2.24, 2.45) is 10.8 Å². The first-order valence-electron chi connectivity index (χ1n) is 8.44. The number of hydrazone groups is 1. The van der Waals surface area contributed by atoms with Gasteiger partial charge in [-0.2, -0.15) is 5.10 Å². The number of anilines is 1. The van der Waals surface area contributed by atoms with Gasteiger partial charge in [0.2, 0.25) is 0 Å². The number of carbonyl (C=O) groups excluding carboxylic acids is 1. The smallest absolute Gasteiger partial charge is 0.293 e. The van der Waals surface area contributed by atoms with Crippen LogP contribution >= 0.6 is 23.6 Å². The Morgan fingerprint density at radius 1 is 1.37 bits per heavy atom. The maximum atomic E-state index is 12.8. The van der Waals surface area contributed by atoms with Gasteiger partial charge in [0.25, 0.3) is 5.91 Å². The van der Waals surface area contributed by atoms with Crippen molar-refractivity contribution in [3.63, 3.8) is 0 Å². The van der Waals surface area contributed by atoms with Crippen molar-refractivity contribution in [3.8, 4) is 0 Å². The molecule has 27 heavy (non-hydrogen) atoms. The Labute approximate surface area is 164 Å². The molecule has 0 radical (unpaired) electrons. The molecule has 0 saturated heterocycles. The summed E-state index contributed by atoms with van der Waals surface area (Å²) in [5.74, 6) is 0.725. The molecule has 3 aromatic rings. The molecule has 1 amide bonds. The molecule has 9 heteroatoms. The van der Waals surface area contributed by atoms with Crippen molar-refractivity contribution in [2.75, 3.05) is 5.32 Å². The number of para-hydroxylation sites is 1. The summed E-state index contributed by atoms with van der Waals surface area (Å²) in [5, 5.41) is 7.75. The van der Waals surface area contributed by atoms with Gasteiger partial charge in [-0.3, -0.25) is 15.5 Å². The number of amides is 1. The van der Waals surface area contributed by atoms with Crippen LogP contribution in [0.3, 0.4) is 0 Å². The van der Waals surface area contributed by atoms with Crippen molar-refractivity contribution >= 4 is 55.6 Å². The van der Waals surface area contributed by atoms with Crippen LogP contribution in [0.5, 0.6) is 0 Å². The summed E-state index contributed by atoms with van der Waals surface area (Å²) in [6.07, 6.45) is 2.41. The number of rotatable bonds is 3. The second kappa shape index (κ2) is 7.09. The zero-order chi connectivity index (χ0) is 19.0. The van der Waals surface area contributed by atoms with E-state index in [1.54, 1.807) is 0 Å². The lowest BCUT2D eigenvalue weighted by atomic mass is 9.93. The average molecular weight is 400 g/mol. The number of carbonyl (C=O) groups is 1. The summed E-state index contributed by atoms with van der Waals surface area (Å²) in [4.78, 5) is 17.2. The summed E-state index contributed by atoms with van der Waals surface area (Å²) in [6, 6.07) is 7.74. The first-order valence-corrected chi connectivity index (χ1v) is 9.67. The molecule has 2 heterocycles. The van der Waals surface area contributed by atoms with E-state index < -0.39 is 0 Å². The number of furan rings is 1. The zero-order valence-corrected chi connectivity index (χ0v) is 16.2. The highest BCUT2D eigenvalue weighted by Gasteiger charge is 2.28. The minimum atomic E-state index is -0.317. The average Bonchev–Trinajstić information content (AvgIpc) is 3.20. The van der Waals surface area contributed by atoms with E-state index in [2.05, 4.69) is 20.8 Å². The predicted octanol–water partition coefficient (Wildman–Crippen LogP) is 3.32. The van der Waals surface area contributed by atoms with Crippen LogP contribution in [-0.2, 0) is 6.42 Å². The van der Waals surface area contributed by atoms with E-state index in [0.29, 0.717) is 5.13 Å². The number of aromatic nitrogens is 1. The van der Waals surface area contributed by atoms with Gasteiger partial charge in [0.15, 0.2) is 16.0 Å². The second-order valence-corrected chi connectivity index (χ2v) is 7.65. The lowest BCUT2D eigenvalue weighted by Crippen LogP contribution is -2.26. The fraction of sp³-hybridized carbons (Fsp3) is 0.222. The zero-order valence-electron chi connectivity index (χ0n) is 14.5. The predicted molar refractivity (Wildman–Crippen MR) is 110 cm³/mol. The minimum Gasteiger partial charge on any atom is -0.455 e. The third kappa shape index (κ3) is 3.43. The molecule has 0 saturated carbocycles. The highest BCUT2D eigenvalue weighted by Crippen LogP contribution is 2.31. The van der Waals surface area contributed by atoms with Gasteiger partial charge in [-0.05, 0) is 44.1 Å². The van der Waals surface area contributed by atoms with E-state index in [1.165, 1.54) is 11.3 Å². The van der Waals surface area contributed by atoms with Gasteiger partial charge in [0.05, 0.1) is 15.9 Å². The molecule has 138 valence electrons. The van der Waals surface area contributed by atoms with Gasteiger partial charge in [-0.1, -0.05) is 23.5 Å². The Morgan fingerprint density at radius 2 is 2.19 bits per heavy atom. The van der Waals surface area contributed by atoms with Crippen molar-refractivity contribution in [3.05, 3.63) is 46.9 Å². The first kappa shape index (κ1) is 17.6. The van der Waals surface area contributed by atoms with Crippen LogP contribution < -0.4 is 16.5 Å². The van der Waals surface area contributed by atoms with Crippen LogP contribution in [-0.4, -0.2) is 21.7 Å². The molecule has 0 atom stereocenters. The molecular weight excluding hydrogens is 382 g/mol. The third-order valence-electron chi connectivity index (χ3n) is 4.35. The van der Waals surface area contributed by atoms with Crippen LogP contribution in [0.15, 0.2) is 33.8 Å². The molecule has 0 spiro atoms. The van der Waals surface area contributed by atoms with Crippen molar-refractivity contribution in [1.29, 1.82) is 0 Å². The van der Waals surface area contributed by atoms with Crippen molar-refractivity contribution < 1.29 is 9.21 Å². The number of nitrogens with zero attached hydrogens (tertiary/aromatic N) is 2. The van der Waals surface area contributed by atoms with Crippen molar-refractivity contribution in [2.45, 2.75) is 26.2 Å². The van der Waals surface area contributed by atoms with E-state index in [9.17, 15) is 4.79 Å². The van der Waals surface area contributed by atoms with E-state index >= 15 is 0 Å². The maximum Gasteiger partial charge on any atom is 0.293 e. The summed E-state index contributed by atoms with van der Waals surface area (Å²) in [6.45, 7) is 1.86. The van der Waals surface area contributed by atoms with Gasteiger partial charge >= 0.3 is 0 Å². The lowest BCUT2D eigenvalue weighted by Gasteiger charge is -2.13. The Balaban J connectivity index is 1.63. The van der Waals surface area contributed by atoms with E-state index in [1.807, 2.05) is 31.2 Å². The van der Waals surface area contributed by atoms with E-state index in [-0.39, 0.29) is 16.8 Å². The Kier molecular flexibility index (Phi) is 4.63. The second-order valence-electron chi connectivity index (χ2n) is 6.18. The summed E-state index contributed by atoms with van der Waals surface area (Å²) < 4.78 is 6.89. The van der Waals surface area contributed by atoms with E-state index in [0.717, 1.165) is 52.1 Å². The van der Waals surface area contributed by atoms with Crippen LogP contribution in [0.4, 0.5) is 5.13 Å². The molecule has 1 aromatic carbocycles. The SMILES string of the molecule is Cc1c(C(=O)Nc2nc3ccccc3s2)oc2c1/C(=N/NC(N)=S)CCC2.